The average molecular weight is 382 g/mol. The topological polar surface area (TPSA) is 136 Å². The van der Waals surface area contributed by atoms with Gasteiger partial charge in [-0.1, -0.05) is 36.8 Å². The number of unbranched alkanes of at least 4 members (excludes halogenated alkanes) is 1. The highest BCUT2D eigenvalue weighted by molar-refractivity contribution is 7.80. The van der Waals surface area contributed by atoms with Gasteiger partial charge in [0.05, 0.1) is 6.04 Å². The predicted molar refractivity (Wildman–Crippen MR) is 108 cm³/mol. The molecule has 2 amide bonds. The van der Waals surface area contributed by atoms with Gasteiger partial charge in [0.1, 0.15) is 6.04 Å². The summed E-state index contributed by atoms with van der Waals surface area (Å²) in [5, 5.41) is 5.41. The Bertz CT molecular complexity index is 544. The zero-order valence-electron chi connectivity index (χ0n) is 15.1. The lowest BCUT2D eigenvalue weighted by Gasteiger charge is -2.20. The van der Waals surface area contributed by atoms with Gasteiger partial charge in [0.2, 0.25) is 11.8 Å². The van der Waals surface area contributed by atoms with Crippen LogP contribution in [0, 0.1) is 0 Å². The Kier molecular flexibility index (Phi) is 11.0. The van der Waals surface area contributed by atoms with Crippen LogP contribution in [0.3, 0.4) is 0 Å². The van der Waals surface area contributed by atoms with Gasteiger partial charge in [-0.25, -0.2) is 0 Å². The molecular weight excluding hydrogens is 350 g/mol. The number of hydrogen-bond donors (Lipinski definition) is 6. The van der Waals surface area contributed by atoms with Crippen LogP contribution in [0.25, 0.3) is 0 Å². The second-order valence-corrected chi connectivity index (χ2v) is 6.69. The number of thiol groups is 1. The number of carbonyl (C=O) groups excluding carboxylic acids is 2. The highest BCUT2D eigenvalue weighted by atomic mass is 32.1. The molecule has 0 saturated carbocycles. The first kappa shape index (κ1) is 22.4. The maximum Gasteiger partial charge on any atom is 0.243 e. The first-order valence-electron chi connectivity index (χ1n) is 8.92. The lowest BCUT2D eigenvalue weighted by Crippen LogP contribution is -2.53. The molecule has 1 aromatic carbocycles. The van der Waals surface area contributed by atoms with E-state index in [-0.39, 0.29) is 23.6 Å². The molecule has 0 saturated heterocycles. The minimum atomic E-state index is -0.740. The van der Waals surface area contributed by atoms with Crippen molar-refractivity contribution < 1.29 is 9.59 Å². The van der Waals surface area contributed by atoms with E-state index in [9.17, 15) is 9.59 Å². The first-order valence-corrected chi connectivity index (χ1v) is 9.55. The molecule has 0 aliphatic rings. The second-order valence-electron chi connectivity index (χ2n) is 6.33. The number of carbonyl (C=O) groups is 2. The van der Waals surface area contributed by atoms with Crippen LogP contribution in [-0.2, 0) is 16.0 Å². The Balaban J connectivity index is 2.39. The fraction of sp³-hybridized carbons (Fsp3) is 0.556. The Morgan fingerprint density at radius 3 is 2.38 bits per heavy atom. The van der Waals surface area contributed by atoms with Crippen LogP contribution < -0.4 is 27.8 Å². The average Bonchev–Trinajstić information content (AvgIpc) is 2.64. The number of rotatable bonds is 12. The van der Waals surface area contributed by atoms with Crippen molar-refractivity contribution in [2.45, 2.75) is 43.8 Å². The molecule has 0 heterocycles. The molecule has 1 aromatic rings. The van der Waals surface area contributed by atoms with E-state index in [2.05, 4.69) is 23.3 Å². The van der Waals surface area contributed by atoms with Crippen LogP contribution in [0.1, 0.15) is 24.8 Å². The summed E-state index contributed by atoms with van der Waals surface area (Å²) < 4.78 is 0. The van der Waals surface area contributed by atoms with Gasteiger partial charge < -0.3 is 27.8 Å². The van der Waals surface area contributed by atoms with Crippen molar-refractivity contribution in [1.82, 2.24) is 10.6 Å². The summed E-state index contributed by atoms with van der Waals surface area (Å²) in [6.07, 6.45) is 2.78. The zero-order valence-corrected chi connectivity index (χ0v) is 16.0. The summed E-state index contributed by atoms with van der Waals surface area (Å²) >= 11 is 4.14. The van der Waals surface area contributed by atoms with Gasteiger partial charge in [-0.15, -0.1) is 0 Å². The molecule has 8 heteroatoms. The molecule has 146 valence electrons. The third kappa shape index (κ3) is 8.66. The normalized spacial score (nSPS) is 14.3. The van der Waals surface area contributed by atoms with E-state index >= 15 is 0 Å². The fourth-order valence-electron chi connectivity index (χ4n) is 2.46. The molecule has 3 atom stereocenters. The Morgan fingerprint density at radius 2 is 1.77 bits per heavy atom. The van der Waals surface area contributed by atoms with Gasteiger partial charge in [0.15, 0.2) is 0 Å². The molecule has 7 nitrogen and oxygen atoms in total. The number of nitrogens with one attached hydrogen (secondary N) is 2. The van der Waals surface area contributed by atoms with Crippen molar-refractivity contribution >= 4 is 24.4 Å². The molecule has 0 fully saturated rings. The molecular formula is C18H31N5O2S. The quantitative estimate of drug-likeness (QED) is 0.215. The molecule has 1 rings (SSSR count). The minimum Gasteiger partial charge on any atom is -0.353 e. The van der Waals surface area contributed by atoms with Crippen LogP contribution in [-0.4, -0.2) is 48.8 Å². The maximum atomic E-state index is 12.3. The van der Waals surface area contributed by atoms with E-state index in [1.807, 2.05) is 30.3 Å². The summed E-state index contributed by atoms with van der Waals surface area (Å²) in [6.45, 7) is 0.885. The highest BCUT2D eigenvalue weighted by Gasteiger charge is 2.22. The highest BCUT2D eigenvalue weighted by Crippen LogP contribution is 2.02. The summed E-state index contributed by atoms with van der Waals surface area (Å²) in [5.74, 6) is -0.489. The fourth-order valence-corrected chi connectivity index (χ4v) is 2.71. The lowest BCUT2D eigenvalue weighted by molar-refractivity contribution is -0.129. The minimum absolute atomic E-state index is 0.182. The lowest BCUT2D eigenvalue weighted by atomic mass is 10.1. The number of hydrogen-bond acceptors (Lipinski definition) is 6. The molecule has 0 spiro atoms. The number of amides is 2. The van der Waals surface area contributed by atoms with Crippen LogP contribution in [0.2, 0.25) is 0 Å². The molecule has 0 aromatic heterocycles. The smallest absolute Gasteiger partial charge is 0.243 e. The van der Waals surface area contributed by atoms with Crippen molar-refractivity contribution in [2.75, 3.05) is 18.8 Å². The standard InChI is InChI=1S/C18H31N5O2S/c19-9-5-4-8-15(21)17(24)23-16(12-26)18(25)22-11-14(20)10-13-6-2-1-3-7-13/h1-3,6-7,14-16,26H,4-5,8-12,19-21H2,(H,22,25)(H,23,24)/t14-,15+,16+/m1/s1. The van der Waals surface area contributed by atoms with Crippen molar-refractivity contribution in [3.8, 4) is 0 Å². The van der Waals surface area contributed by atoms with Crippen molar-refractivity contribution in [3.05, 3.63) is 35.9 Å². The van der Waals surface area contributed by atoms with E-state index in [1.54, 1.807) is 0 Å². The Labute approximate surface area is 160 Å². The van der Waals surface area contributed by atoms with Gasteiger partial charge in [0, 0.05) is 18.3 Å². The van der Waals surface area contributed by atoms with E-state index in [0.29, 0.717) is 25.9 Å². The van der Waals surface area contributed by atoms with E-state index in [0.717, 1.165) is 18.4 Å². The third-order valence-electron chi connectivity index (χ3n) is 4.00. The molecule has 0 aliphatic heterocycles. The first-order chi connectivity index (χ1) is 12.5. The largest absolute Gasteiger partial charge is 0.353 e. The molecule has 26 heavy (non-hydrogen) atoms. The third-order valence-corrected chi connectivity index (χ3v) is 4.37. The number of nitrogens with two attached hydrogens (primary N) is 3. The van der Waals surface area contributed by atoms with Crippen LogP contribution in [0.5, 0.6) is 0 Å². The van der Waals surface area contributed by atoms with Crippen LogP contribution >= 0.6 is 12.6 Å². The van der Waals surface area contributed by atoms with E-state index < -0.39 is 12.1 Å². The van der Waals surface area contributed by atoms with E-state index in [4.69, 9.17) is 17.2 Å². The molecule has 0 aliphatic carbocycles. The summed E-state index contributed by atoms with van der Waals surface area (Å²) in [6, 6.07) is 8.21. The van der Waals surface area contributed by atoms with Crippen LogP contribution in [0.15, 0.2) is 30.3 Å². The van der Waals surface area contributed by atoms with Crippen molar-refractivity contribution in [3.63, 3.8) is 0 Å². The summed E-state index contributed by atoms with van der Waals surface area (Å²) in [7, 11) is 0. The van der Waals surface area contributed by atoms with Gasteiger partial charge in [-0.2, -0.15) is 12.6 Å². The molecule has 0 unspecified atom stereocenters. The predicted octanol–water partition coefficient (Wildman–Crippen LogP) is -0.456. The molecule has 0 bridgehead atoms. The molecule has 0 radical (unpaired) electrons. The monoisotopic (exact) mass is 381 g/mol. The number of benzene rings is 1. The summed E-state index contributed by atoms with van der Waals surface area (Å²) in [4.78, 5) is 24.3. The maximum absolute atomic E-state index is 12.3. The van der Waals surface area contributed by atoms with Gasteiger partial charge in [-0.05, 0) is 31.4 Å². The van der Waals surface area contributed by atoms with E-state index in [1.165, 1.54) is 0 Å². The van der Waals surface area contributed by atoms with Crippen molar-refractivity contribution in [1.29, 1.82) is 0 Å². The SMILES string of the molecule is NCCCC[C@H](N)C(=O)N[C@@H](CS)C(=O)NC[C@H](N)Cc1ccccc1. The Hall–Kier alpha value is -1.61. The molecule has 8 N–H and O–H groups in total. The summed E-state index contributed by atoms with van der Waals surface area (Å²) in [5.41, 5.74) is 18.4. The van der Waals surface area contributed by atoms with Gasteiger partial charge in [-0.3, -0.25) is 9.59 Å². The van der Waals surface area contributed by atoms with Gasteiger partial charge >= 0.3 is 0 Å². The second kappa shape index (κ2) is 12.7. The van der Waals surface area contributed by atoms with Crippen molar-refractivity contribution in [2.24, 2.45) is 17.2 Å². The Morgan fingerprint density at radius 1 is 1.08 bits per heavy atom. The zero-order chi connectivity index (χ0) is 19.4. The van der Waals surface area contributed by atoms with Crippen LogP contribution in [0.4, 0.5) is 0 Å². The van der Waals surface area contributed by atoms with Gasteiger partial charge in [0.25, 0.3) is 0 Å².